The Balaban J connectivity index is 1.52. The number of piperazine rings is 1. The first-order chi connectivity index (χ1) is 11.1. The fraction of sp³-hybridized carbons (Fsp3) is 0.500. The number of carbonyl (C=O) groups is 1. The highest BCUT2D eigenvalue weighted by Crippen LogP contribution is 2.25. The van der Waals surface area contributed by atoms with Gasteiger partial charge in [-0.25, -0.2) is 0 Å². The van der Waals surface area contributed by atoms with E-state index in [1.54, 1.807) is 24.3 Å². The van der Waals surface area contributed by atoms with E-state index < -0.39 is 0 Å². The Bertz CT molecular complexity index is 589. The van der Waals surface area contributed by atoms with E-state index in [1.165, 1.54) is 25.7 Å². The van der Waals surface area contributed by atoms with E-state index in [-0.39, 0.29) is 5.91 Å². The first-order valence-corrected chi connectivity index (χ1v) is 9.05. The summed E-state index contributed by atoms with van der Waals surface area (Å²) in [6.07, 6.45) is 8.79. The second-order valence-corrected chi connectivity index (χ2v) is 7.12. The lowest BCUT2D eigenvalue weighted by molar-refractivity contribution is -0.127. The number of halogens is 2. The first-order valence-electron chi connectivity index (χ1n) is 8.29. The third kappa shape index (κ3) is 4.28. The quantitative estimate of drug-likeness (QED) is 0.764. The molecule has 0 aromatic heterocycles. The molecule has 0 N–H and O–H groups in total. The smallest absolute Gasteiger partial charge is 0.246 e. The number of carbonyl (C=O) groups excluding carboxylic acids is 1. The predicted octanol–water partition coefficient (Wildman–Crippen LogP) is 4.09. The Labute approximate surface area is 147 Å². The molecule has 1 aromatic rings. The first kappa shape index (κ1) is 16.8. The van der Waals surface area contributed by atoms with Crippen LogP contribution in [-0.4, -0.2) is 47.9 Å². The Morgan fingerprint density at radius 3 is 2.39 bits per heavy atom. The van der Waals surface area contributed by atoms with Gasteiger partial charge >= 0.3 is 0 Å². The third-order valence-corrected chi connectivity index (χ3v) is 5.57. The van der Waals surface area contributed by atoms with Gasteiger partial charge in [0.05, 0.1) is 10.0 Å². The number of nitrogens with zero attached hydrogens (tertiary/aromatic N) is 2. The van der Waals surface area contributed by atoms with Gasteiger partial charge in [-0.15, -0.1) is 0 Å². The summed E-state index contributed by atoms with van der Waals surface area (Å²) in [4.78, 5) is 16.8. The van der Waals surface area contributed by atoms with E-state index in [4.69, 9.17) is 23.2 Å². The number of rotatable bonds is 3. The van der Waals surface area contributed by atoms with Gasteiger partial charge in [-0.3, -0.25) is 9.69 Å². The summed E-state index contributed by atoms with van der Waals surface area (Å²) in [5.74, 6) is 0.0714. The van der Waals surface area contributed by atoms with Crippen molar-refractivity contribution < 1.29 is 4.79 Å². The monoisotopic (exact) mass is 352 g/mol. The minimum Gasteiger partial charge on any atom is -0.337 e. The molecule has 3 rings (SSSR count). The maximum Gasteiger partial charge on any atom is 0.246 e. The van der Waals surface area contributed by atoms with Gasteiger partial charge in [0.25, 0.3) is 0 Å². The lowest BCUT2D eigenvalue weighted by atomic mass is 10.1. The molecular weight excluding hydrogens is 331 g/mol. The van der Waals surface area contributed by atoms with Crippen molar-refractivity contribution in [2.24, 2.45) is 0 Å². The van der Waals surface area contributed by atoms with E-state index in [0.29, 0.717) is 10.0 Å². The normalized spacial score (nSPS) is 20.5. The van der Waals surface area contributed by atoms with Crippen LogP contribution < -0.4 is 0 Å². The highest BCUT2D eigenvalue weighted by atomic mass is 35.5. The molecule has 2 aliphatic rings. The zero-order valence-corrected chi connectivity index (χ0v) is 14.7. The molecule has 23 heavy (non-hydrogen) atoms. The van der Waals surface area contributed by atoms with Crippen LogP contribution in [0.1, 0.15) is 31.2 Å². The highest BCUT2D eigenvalue weighted by Gasteiger charge is 2.27. The van der Waals surface area contributed by atoms with Crippen LogP contribution in [0.3, 0.4) is 0 Å². The molecule has 0 atom stereocenters. The van der Waals surface area contributed by atoms with Crippen molar-refractivity contribution in [3.63, 3.8) is 0 Å². The van der Waals surface area contributed by atoms with Gasteiger partial charge in [-0.2, -0.15) is 0 Å². The Morgan fingerprint density at radius 2 is 1.74 bits per heavy atom. The number of hydrogen-bond donors (Lipinski definition) is 0. The van der Waals surface area contributed by atoms with Gasteiger partial charge in [-0.1, -0.05) is 42.1 Å². The Kier molecular flexibility index (Phi) is 5.62. The van der Waals surface area contributed by atoms with Gasteiger partial charge in [-0.05, 0) is 36.6 Å². The summed E-state index contributed by atoms with van der Waals surface area (Å²) in [5.41, 5.74) is 0.886. The Hall–Kier alpha value is -1.03. The standard InChI is InChI=1S/C18H22Cl2N2O/c19-16-7-5-14(13-17(16)20)6-8-18(23)22-11-9-21(10-12-22)15-3-1-2-4-15/h5-8,13,15H,1-4,9-12H2/b8-6+. The van der Waals surface area contributed by atoms with Gasteiger partial charge in [0.2, 0.25) is 5.91 Å². The average molecular weight is 353 g/mol. The second-order valence-electron chi connectivity index (χ2n) is 6.31. The minimum atomic E-state index is 0.0714. The van der Waals surface area contributed by atoms with Crippen molar-refractivity contribution in [1.82, 2.24) is 9.80 Å². The van der Waals surface area contributed by atoms with Crippen LogP contribution in [-0.2, 0) is 4.79 Å². The minimum absolute atomic E-state index is 0.0714. The van der Waals surface area contributed by atoms with Gasteiger partial charge in [0, 0.05) is 38.3 Å². The molecule has 1 amide bonds. The molecule has 0 spiro atoms. The zero-order valence-electron chi connectivity index (χ0n) is 13.2. The van der Waals surface area contributed by atoms with Gasteiger partial charge < -0.3 is 4.90 Å². The lowest BCUT2D eigenvalue weighted by Gasteiger charge is -2.37. The lowest BCUT2D eigenvalue weighted by Crippen LogP contribution is -2.51. The van der Waals surface area contributed by atoms with E-state index in [2.05, 4.69) is 4.90 Å². The molecule has 1 aliphatic heterocycles. The molecule has 1 saturated carbocycles. The van der Waals surface area contributed by atoms with E-state index in [9.17, 15) is 4.79 Å². The van der Waals surface area contributed by atoms with Crippen LogP contribution in [0.25, 0.3) is 6.08 Å². The molecule has 2 fully saturated rings. The summed E-state index contributed by atoms with van der Waals surface area (Å²) in [5, 5.41) is 1.03. The van der Waals surface area contributed by atoms with E-state index in [1.807, 2.05) is 11.0 Å². The van der Waals surface area contributed by atoms with Crippen molar-refractivity contribution in [3.05, 3.63) is 39.9 Å². The number of amides is 1. The average Bonchev–Trinajstić information content (AvgIpc) is 3.10. The molecule has 1 aromatic carbocycles. The maximum atomic E-state index is 12.3. The largest absolute Gasteiger partial charge is 0.337 e. The van der Waals surface area contributed by atoms with Crippen LogP contribution in [0.4, 0.5) is 0 Å². The van der Waals surface area contributed by atoms with E-state index in [0.717, 1.165) is 37.8 Å². The molecule has 0 unspecified atom stereocenters. The second kappa shape index (κ2) is 7.69. The molecule has 1 saturated heterocycles. The molecular formula is C18H22Cl2N2O. The molecule has 0 radical (unpaired) electrons. The van der Waals surface area contributed by atoms with Crippen molar-refractivity contribution in [2.45, 2.75) is 31.7 Å². The summed E-state index contributed by atoms with van der Waals surface area (Å²) < 4.78 is 0. The van der Waals surface area contributed by atoms with Crippen LogP contribution in [0.2, 0.25) is 10.0 Å². The van der Waals surface area contributed by atoms with Crippen LogP contribution >= 0.6 is 23.2 Å². The fourth-order valence-corrected chi connectivity index (χ4v) is 3.77. The SMILES string of the molecule is O=C(/C=C/c1ccc(Cl)c(Cl)c1)N1CCN(C2CCCC2)CC1. The maximum absolute atomic E-state index is 12.3. The highest BCUT2D eigenvalue weighted by molar-refractivity contribution is 6.42. The predicted molar refractivity (Wildman–Crippen MR) is 95.9 cm³/mol. The van der Waals surface area contributed by atoms with Crippen LogP contribution in [0, 0.1) is 0 Å². The van der Waals surface area contributed by atoms with Crippen molar-refractivity contribution >= 4 is 35.2 Å². The third-order valence-electron chi connectivity index (χ3n) is 4.83. The van der Waals surface area contributed by atoms with Gasteiger partial charge in [0.1, 0.15) is 0 Å². The zero-order chi connectivity index (χ0) is 16.2. The van der Waals surface area contributed by atoms with E-state index >= 15 is 0 Å². The van der Waals surface area contributed by atoms with Gasteiger partial charge in [0.15, 0.2) is 0 Å². The molecule has 3 nitrogen and oxygen atoms in total. The van der Waals surface area contributed by atoms with Crippen LogP contribution in [0.15, 0.2) is 24.3 Å². The summed E-state index contributed by atoms with van der Waals surface area (Å²) in [6, 6.07) is 6.12. The fourth-order valence-electron chi connectivity index (χ4n) is 3.47. The summed E-state index contributed by atoms with van der Waals surface area (Å²) >= 11 is 11.9. The molecule has 1 heterocycles. The number of hydrogen-bond acceptors (Lipinski definition) is 2. The summed E-state index contributed by atoms with van der Waals surface area (Å²) in [7, 11) is 0. The molecule has 124 valence electrons. The molecule has 5 heteroatoms. The van der Waals surface area contributed by atoms with Crippen LogP contribution in [0.5, 0.6) is 0 Å². The number of benzene rings is 1. The topological polar surface area (TPSA) is 23.6 Å². The van der Waals surface area contributed by atoms with Crippen molar-refractivity contribution in [3.8, 4) is 0 Å². The molecule has 0 bridgehead atoms. The summed E-state index contributed by atoms with van der Waals surface area (Å²) in [6.45, 7) is 3.64. The van der Waals surface area contributed by atoms with Crippen molar-refractivity contribution in [2.75, 3.05) is 26.2 Å². The van der Waals surface area contributed by atoms with Crippen molar-refractivity contribution in [1.29, 1.82) is 0 Å². The molecule has 1 aliphatic carbocycles. The Morgan fingerprint density at radius 1 is 1.04 bits per heavy atom.